The molecule has 4 rings (SSSR count). The van der Waals surface area contributed by atoms with Crippen LogP contribution in [-0.4, -0.2) is 74.9 Å². The fourth-order valence-electron chi connectivity index (χ4n) is 5.11. The molecule has 3 aliphatic rings. The van der Waals surface area contributed by atoms with Gasteiger partial charge in [-0.15, -0.1) is 5.10 Å². The van der Waals surface area contributed by atoms with Crippen LogP contribution < -0.4 is 12.4 Å². The molecule has 3 heterocycles. The predicted octanol–water partition coefficient (Wildman–Crippen LogP) is -0.496. The molecule has 1 saturated carbocycles. The van der Waals surface area contributed by atoms with Gasteiger partial charge < -0.3 is 17.1 Å². The van der Waals surface area contributed by atoms with Crippen molar-refractivity contribution in [3.63, 3.8) is 0 Å². The number of rotatable bonds is 7. The van der Waals surface area contributed by atoms with E-state index in [2.05, 4.69) is 39.2 Å². The Bertz CT molecular complexity index is 577. The molecule has 2 aliphatic heterocycles. The summed E-state index contributed by atoms with van der Waals surface area (Å²) in [6.07, 6.45) is 9.28. The molecule has 2 saturated heterocycles. The van der Waals surface area contributed by atoms with Gasteiger partial charge in [0, 0.05) is 38.8 Å². The summed E-state index contributed by atoms with van der Waals surface area (Å²) < 4.78 is 7.84. The monoisotopic (exact) mass is 411 g/mol. The summed E-state index contributed by atoms with van der Waals surface area (Å²) in [5, 5.41) is 12.8. The Morgan fingerprint density at radius 2 is 1.79 bits per heavy atom. The molecule has 2 unspecified atom stereocenters. The molecule has 1 aliphatic carbocycles. The molecule has 1 aromatic heterocycles. The van der Waals surface area contributed by atoms with Crippen LogP contribution in [0.15, 0.2) is 0 Å². The quantitative estimate of drug-likeness (QED) is 0.603. The van der Waals surface area contributed by atoms with Crippen molar-refractivity contribution < 1.29 is 17.1 Å². The molecule has 0 radical (unpaired) electrons. The number of hydrogen-bond donors (Lipinski definition) is 0. The number of piperazine rings is 1. The van der Waals surface area contributed by atoms with Crippen LogP contribution in [0.2, 0.25) is 0 Å². The van der Waals surface area contributed by atoms with Gasteiger partial charge in [0.05, 0.1) is 18.7 Å². The minimum atomic E-state index is 0. The van der Waals surface area contributed by atoms with Crippen molar-refractivity contribution in [1.82, 2.24) is 30.0 Å². The average molecular weight is 412 g/mol. The van der Waals surface area contributed by atoms with Crippen LogP contribution in [0.3, 0.4) is 0 Å². The maximum atomic E-state index is 5.82. The Labute approximate surface area is 175 Å². The molecule has 0 N–H and O–H groups in total. The van der Waals surface area contributed by atoms with Gasteiger partial charge in [-0.05, 0) is 48.4 Å². The summed E-state index contributed by atoms with van der Waals surface area (Å²) in [6, 6.07) is 1.15. The van der Waals surface area contributed by atoms with Gasteiger partial charge in [0.15, 0.2) is 5.82 Å². The fraction of sp³-hybridized carbons (Fsp3) is 0.950. The van der Waals surface area contributed by atoms with E-state index in [1.807, 2.05) is 4.68 Å². The van der Waals surface area contributed by atoms with Gasteiger partial charge in [-0.25, -0.2) is 4.68 Å². The lowest BCUT2D eigenvalue weighted by Gasteiger charge is -2.41. The first-order valence-electron chi connectivity index (χ1n) is 11.1. The van der Waals surface area contributed by atoms with Gasteiger partial charge in [-0.3, -0.25) is 9.80 Å². The number of hydrogen-bond acceptors (Lipinski definition) is 6. The van der Waals surface area contributed by atoms with Gasteiger partial charge in [-0.1, -0.05) is 26.7 Å². The Balaban J connectivity index is 0.00000225. The van der Waals surface area contributed by atoms with E-state index >= 15 is 0 Å². The molecule has 0 bridgehead atoms. The average Bonchev–Trinajstić information content (AvgIpc) is 3.43. The van der Waals surface area contributed by atoms with E-state index < -0.39 is 0 Å². The van der Waals surface area contributed by atoms with E-state index in [1.165, 1.54) is 38.8 Å². The summed E-state index contributed by atoms with van der Waals surface area (Å²) in [5.41, 5.74) is 0. The van der Waals surface area contributed by atoms with Crippen LogP contribution in [0.4, 0.5) is 0 Å². The summed E-state index contributed by atoms with van der Waals surface area (Å²) >= 11 is 0. The van der Waals surface area contributed by atoms with Crippen LogP contribution in [0.25, 0.3) is 0 Å². The second-order valence-corrected chi connectivity index (χ2v) is 9.01. The summed E-state index contributed by atoms with van der Waals surface area (Å²) in [6.45, 7) is 10.9. The second kappa shape index (κ2) is 10.3. The Hall–Kier alpha value is -0.760. The van der Waals surface area contributed by atoms with E-state index in [9.17, 15) is 0 Å². The Kier molecular flexibility index (Phi) is 8.09. The third kappa shape index (κ3) is 5.23. The molecular formula is C20H36ClN6O-. The predicted molar refractivity (Wildman–Crippen MR) is 104 cm³/mol. The highest BCUT2D eigenvalue weighted by Gasteiger charge is 2.33. The third-order valence-corrected chi connectivity index (χ3v) is 6.58. The van der Waals surface area contributed by atoms with Crippen molar-refractivity contribution >= 4 is 0 Å². The van der Waals surface area contributed by atoms with Crippen LogP contribution in [0.1, 0.15) is 70.7 Å². The van der Waals surface area contributed by atoms with E-state index in [1.54, 1.807) is 0 Å². The molecule has 3 fully saturated rings. The zero-order valence-corrected chi connectivity index (χ0v) is 18.2. The summed E-state index contributed by atoms with van der Waals surface area (Å²) in [7, 11) is 0. The number of aromatic nitrogens is 4. The summed E-state index contributed by atoms with van der Waals surface area (Å²) in [5.74, 6) is 1.66. The molecule has 160 valence electrons. The lowest BCUT2D eigenvalue weighted by Crippen LogP contribution is -3.00. The van der Waals surface area contributed by atoms with E-state index in [4.69, 9.17) is 4.74 Å². The van der Waals surface area contributed by atoms with Crippen molar-refractivity contribution in [3.05, 3.63) is 5.82 Å². The van der Waals surface area contributed by atoms with Gasteiger partial charge in [0.2, 0.25) is 0 Å². The lowest BCUT2D eigenvalue weighted by molar-refractivity contribution is -0.00000782. The van der Waals surface area contributed by atoms with Crippen molar-refractivity contribution in [2.75, 3.05) is 32.8 Å². The minimum absolute atomic E-state index is 0. The molecule has 0 spiro atoms. The highest BCUT2D eigenvalue weighted by molar-refractivity contribution is 4.97. The Morgan fingerprint density at radius 3 is 2.43 bits per heavy atom. The van der Waals surface area contributed by atoms with Crippen molar-refractivity contribution in [1.29, 1.82) is 0 Å². The lowest BCUT2D eigenvalue weighted by atomic mass is 10.0. The minimum Gasteiger partial charge on any atom is -1.00 e. The first kappa shape index (κ1) is 21.9. The van der Waals surface area contributed by atoms with Crippen LogP contribution in [0.5, 0.6) is 0 Å². The van der Waals surface area contributed by atoms with Crippen molar-refractivity contribution in [3.8, 4) is 0 Å². The summed E-state index contributed by atoms with van der Waals surface area (Å²) in [4.78, 5) is 5.36. The topological polar surface area (TPSA) is 59.3 Å². The maximum Gasteiger partial charge on any atom is 0.168 e. The molecule has 28 heavy (non-hydrogen) atoms. The van der Waals surface area contributed by atoms with E-state index in [0.29, 0.717) is 12.0 Å². The number of ether oxygens (including phenoxy) is 1. The molecule has 0 aromatic carbocycles. The highest BCUT2D eigenvalue weighted by Crippen LogP contribution is 2.30. The van der Waals surface area contributed by atoms with Crippen molar-refractivity contribution in [2.45, 2.75) is 83.5 Å². The molecule has 1 aromatic rings. The zero-order chi connectivity index (χ0) is 18.6. The molecule has 8 heteroatoms. The number of nitrogens with zero attached hydrogens (tertiary/aromatic N) is 6. The van der Waals surface area contributed by atoms with E-state index in [-0.39, 0.29) is 18.5 Å². The van der Waals surface area contributed by atoms with E-state index in [0.717, 1.165) is 57.4 Å². The molecule has 0 amide bonds. The first-order chi connectivity index (χ1) is 13.2. The first-order valence-corrected chi connectivity index (χ1v) is 11.1. The van der Waals surface area contributed by atoms with Crippen molar-refractivity contribution in [2.24, 2.45) is 5.92 Å². The number of tetrazole rings is 1. The third-order valence-electron chi connectivity index (χ3n) is 6.58. The highest BCUT2D eigenvalue weighted by atomic mass is 35.5. The fourth-order valence-corrected chi connectivity index (χ4v) is 5.11. The van der Waals surface area contributed by atoms with Gasteiger partial charge in [0.1, 0.15) is 0 Å². The largest absolute Gasteiger partial charge is 1.00 e. The van der Waals surface area contributed by atoms with Gasteiger partial charge in [-0.2, -0.15) is 0 Å². The standard InChI is InChI=1S/C20H36N6O.ClH/c1-16(2)14-19(20-21-22-23-26(20)15-18-8-5-13-27-18)25-11-9-24(10-12-25)17-6-3-4-7-17;/h16-19H,3-15H2,1-2H3;1H/p-1. The second-order valence-electron chi connectivity index (χ2n) is 9.01. The molecular weight excluding hydrogens is 376 g/mol. The zero-order valence-electron chi connectivity index (χ0n) is 17.5. The molecule has 7 nitrogen and oxygen atoms in total. The van der Waals surface area contributed by atoms with Gasteiger partial charge >= 0.3 is 0 Å². The number of halogens is 1. The maximum absolute atomic E-state index is 5.82. The van der Waals surface area contributed by atoms with Gasteiger partial charge in [0.25, 0.3) is 0 Å². The SMILES string of the molecule is CC(C)CC(c1nnnn1CC1CCCO1)N1CCN(C2CCCC2)CC1.[Cl-]. The normalized spacial score (nSPS) is 26.0. The molecule has 2 atom stereocenters. The Morgan fingerprint density at radius 1 is 1.04 bits per heavy atom. The van der Waals surface area contributed by atoms with Crippen LogP contribution in [-0.2, 0) is 11.3 Å². The smallest absolute Gasteiger partial charge is 0.168 e. The van der Waals surface area contributed by atoms with Crippen LogP contribution >= 0.6 is 0 Å². The van der Waals surface area contributed by atoms with Crippen LogP contribution in [0, 0.1) is 5.92 Å².